The number of H-pyrrole nitrogens is 1. The first kappa shape index (κ1) is 15.3. The number of hydrogen-bond acceptors (Lipinski definition) is 5. The van der Waals surface area contributed by atoms with Gasteiger partial charge in [-0.1, -0.05) is 6.92 Å². The molecule has 0 radical (unpaired) electrons. The number of aryl methyl sites for hydroxylation is 2. The molecule has 0 amide bonds. The first-order valence-electron chi connectivity index (χ1n) is 8.61. The van der Waals surface area contributed by atoms with E-state index < -0.39 is 0 Å². The lowest BCUT2D eigenvalue weighted by molar-refractivity contribution is 0.0995. The quantitative estimate of drug-likeness (QED) is 0.850. The second kappa shape index (κ2) is 6.00. The van der Waals surface area contributed by atoms with E-state index >= 15 is 0 Å². The standard InChI is InChI=1S/C17H23N3O2S/c1-2-11(21)8-20(10-6-7-10)9-14-18-16(22)15-12-4-3-5-13(12)23-17(15)19-14/h10-11,21H,2-9H2,1H3,(H,18,19,22). The molecule has 0 aromatic carbocycles. The van der Waals surface area contributed by atoms with Gasteiger partial charge in [-0.25, -0.2) is 4.98 Å². The zero-order valence-electron chi connectivity index (χ0n) is 13.5. The minimum absolute atomic E-state index is 0.0104. The van der Waals surface area contributed by atoms with Crippen molar-refractivity contribution >= 4 is 21.6 Å². The summed E-state index contributed by atoms with van der Waals surface area (Å²) in [6, 6.07) is 0.533. The Kier molecular flexibility index (Phi) is 3.99. The second-order valence-corrected chi connectivity index (χ2v) is 7.86. The van der Waals surface area contributed by atoms with E-state index in [1.165, 1.54) is 23.3 Å². The molecule has 6 heteroatoms. The van der Waals surface area contributed by atoms with Gasteiger partial charge in [0.1, 0.15) is 10.7 Å². The Balaban J connectivity index is 1.62. The van der Waals surface area contributed by atoms with Crippen molar-refractivity contribution in [1.82, 2.24) is 14.9 Å². The van der Waals surface area contributed by atoms with E-state index in [0.29, 0.717) is 19.1 Å². The average molecular weight is 333 g/mol. The molecule has 5 nitrogen and oxygen atoms in total. The Morgan fingerprint density at radius 2 is 2.26 bits per heavy atom. The molecule has 4 rings (SSSR count). The zero-order chi connectivity index (χ0) is 16.0. The third kappa shape index (κ3) is 2.95. The summed E-state index contributed by atoms with van der Waals surface area (Å²) in [5.41, 5.74) is 1.24. The van der Waals surface area contributed by atoms with E-state index in [9.17, 15) is 9.90 Å². The summed E-state index contributed by atoms with van der Waals surface area (Å²) in [5, 5.41) is 10.8. The molecular formula is C17H23N3O2S. The van der Waals surface area contributed by atoms with Crippen molar-refractivity contribution in [3.8, 4) is 0 Å². The van der Waals surface area contributed by atoms with Crippen LogP contribution in [-0.2, 0) is 19.4 Å². The minimum atomic E-state index is -0.309. The maximum Gasteiger partial charge on any atom is 0.259 e. The molecule has 0 aliphatic heterocycles. The maximum absolute atomic E-state index is 12.5. The molecule has 1 unspecified atom stereocenters. The van der Waals surface area contributed by atoms with Crippen LogP contribution in [0.2, 0.25) is 0 Å². The minimum Gasteiger partial charge on any atom is -0.392 e. The summed E-state index contributed by atoms with van der Waals surface area (Å²) < 4.78 is 0. The number of nitrogens with one attached hydrogen (secondary N) is 1. The molecule has 2 aromatic rings. The number of hydrogen-bond donors (Lipinski definition) is 2. The Morgan fingerprint density at radius 3 is 3.00 bits per heavy atom. The van der Waals surface area contributed by atoms with Gasteiger partial charge in [-0.05, 0) is 44.1 Å². The number of aliphatic hydroxyl groups excluding tert-OH is 1. The SMILES string of the molecule is CCC(O)CN(Cc1nc2sc3c(c2c(=O)[nH]1)CCC3)C1CC1. The third-order valence-corrected chi connectivity index (χ3v) is 6.14. The molecule has 2 N–H and O–H groups in total. The Hall–Kier alpha value is -1.24. The largest absolute Gasteiger partial charge is 0.392 e. The number of aliphatic hydroxyl groups is 1. The van der Waals surface area contributed by atoms with Gasteiger partial charge in [0.05, 0.1) is 18.0 Å². The number of aromatic nitrogens is 2. The van der Waals surface area contributed by atoms with Crippen molar-refractivity contribution in [2.24, 2.45) is 0 Å². The highest BCUT2D eigenvalue weighted by atomic mass is 32.1. The Morgan fingerprint density at radius 1 is 1.43 bits per heavy atom. The van der Waals surface area contributed by atoms with Crippen LogP contribution in [0.4, 0.5) is 0 Å². The summed E-state index contributed by atoms with van der Waals surface area (Å²) >= 11 is 1.69. The molecule has 2 aromatic heterocycles. The van der Waals surface area contributed by atoms with Gasteiger partial charge >= 0.3 is 0 Å². The van der Waals surface area contributed by atoms with Crippen molar-refractivity contribution in [3.63, 3.8) is 0 Å². The topological polar surface area (TPSA) is 69.2 Å². The summed E-state index contributed by atoms with van der Waals surface area (Å²) in [6.45, 7) is 3.27. The maximum atomic E-state index is 12.5. The molecule has 2 heterocycles. The highest BCUT2D eigenvalue weighted by Crippen LogP contribution is 2.34. The normalized spacial score (nSPS) is 18.7. The van der Waals surface area contributed by atoms with E-state index in [-0.39, 0.29) is 11.7 Å². The summed E-state index contributed by atoms with van der Waals surface area (Å²) in [7, 11) is 0. The summed E-state index contributed by atoms with van der Waals surface area (Å²) in [4.78, 5) is 24.7. The van der Waals surface area contributed by atoms with Gasteiger partial charge in [-0.15, -0.1) is 11.3 Å². The van der Waals surface area contributed by atoms with Crippen LogP contribution in [0.15, 0.2) is 4.79 Å². The van der Waals surface area contributed by atoms with Crippen molar-refractivity contribution in [3.05, 3.63) is 26.6 Å². The molecule has 0 bridgehead atoms. The van der Waals surface area contributed by atoms with Crippen LogP contribution in [0.5, 0.6) is 0 Å². The van der Waals surface area contributed by atoms with Crippen LogP contribution in [-0.4, -0.2) is 38.7 Å². The van der Waals surface area contributed by atoms with E-state index in [2.05, 4.69) is 9.88 Å². The lowest BCUT2D eigenvalue weighted by atomic mass is 10.2. The zero-order valence-corrected chi connectivity index (χ0v) is 14.3. The van der Waals surface area contributed by atoms with E-state index in [1.807, 2.05) is 6.92 Å². The van der Waals surface area contributed by atoms with Crippen molar-refractivity contribution in [2.45, 2.75) is 64.1 Å². The molecule has 1 fully saturated rings. The van der Waals surface area contributed by atoms with Gasteiger partial charge < -0.3 is 10.1 Å². The third-order valence-electron chi connectivity index (χ3n) is 4.96. The average Bonchev–Trinajstić information content (AvgIpc) is 3.17. The van der Waals surface area contributed by atoms with Crippen molar-refractivity contribution < 1.29 is 5.11 Å². The highest BCUT2D eigenvalue weighted by Gasteiger charge is 2.31. The van der Waals surface area contributed by atoms with Gasteiger partial charge in [0.25, 0.3) is 5.56 Å². The van der Waals surface area contributed by atoms with E-state index in [1.54, 1.807) is 11.3 Å². The van der Waals surface area contributed by atoms with Gasteiger partial charge in [0.2, 0.25) is 0 Å². The summed E-state index contributed by atoms with van der Waals surface area (Å²) in [5.74, 6) is 0.734. The Bertz CT molecular complexity index is 778. The van der Waals surface area contributed by atoms with Gasteiger partial charge in [-0.3, -0.25) is 9.69 Å². The van der Waals surface area contributed by atoms with E-state index in [4.69, 9.17) is 4.98 Å². The number of nitrogens with zero attached hydrogens (tertiary/aromatic N) is 2. The predicted octanol–water partition coefficient (Wildman–Crippen LogP) is 2.21. The lowest BCUT2D eigenvalue weighted by Gasteiger charge is -2.23. The van der Waals surface area contributed by atoms with Crippen LogP contribution in [0, 0.1) is 0 Å². The Labute approximate surface area is 139 Å². The van der Waals surface area contributed by atoms with Crippen LogP contribution >= 0.6 is 11.3 Å². The van der Waals surface area contributed by atoms with Crippen molar-refractivity contribution in [1.29, 1.82) is 0 Å². The van der Waals surface area contributed by atoms with Gasteiger partial charge in [0, 0.05) is 17.5 Å². The van der Waals surface area contributed by atoms with Gasteiger partial charge in [0.15, 0.2) is 0 Å². The molecular weight excluding hydrogens is 310 g/mol. The molecule has 124 valence electrons. The lowest BCUT2D eigenvalue weighted by Crippen LogP contribution is -2.34. The smallest absolute Gasteiger partial charge is 0.259 e. The fraction of sp³-hybridized carbons (Fsp3) is 0.647. The van der Waals surface area contributed by atoms with Crippen LogP contribution in [0.3, 0.4) is 0 Å². The number of fused-ring (bicyclic) bond motifs is 3. The number of thiophene rings is 1. The highest BCUT2D eigenvalue weighted by molar-refractivity contribution is 7.18. The monoisotopic (exact) mass is 333 g/mol. The first-order chi connectivity index (χ1) is 11.2. The molecule has 1 saturated carbocycles. The molecule has 2 aliphatic rings. The number of rotatable bonds is 6. The molecule has 23 heavy (non-hydrogen) atoms. The second-order valence-electron chi connectivity index (χ2n) is 6.77. The van der Waals surface area contributed by atoms with Gasteiger partial charge in [-0.2, -0.15) is 0 Å². The molecule has 0 saturated heterocycles. The van der Waals surface area contributed by atoms with Crippen molar-refractivity contribution in [2.75, 3.05) is 6.54 Å². The van der Waals surface area contributed by atoms with Crippen LogP contribution in [0.1, 0.15) is 48.9 Å². The first-order valence-corrected chi connectivity index (χ1v) is 9.43. The molecule has 1 atom stereocenters. The fourth-order valence-corrected chi connectivity index (χ4v) is 4.78. The van der Waals surface area contributed by atoms with Crippen LogP contribution in [0.25, 0.3) is 10.2 Å². The predicted molar refractivity (Wildman–Crippen MR) is 92.0 cm³/mol. The molecule has 2 aliphatic carbocycles. The molecule has 0 spiro atoms. The fourth-order valence-electron chi connectivity index (χ4n) is 3.50. The number of aromatic amines is 1. The van der Waals surface area contributed by atoms with Crippen LogP contribution < -0.4 is 5.56 Å². The van der Waals surface area contributed by atoms with E-state index in [0.717, 1.165) is 41.7 Å². The summed E-state index contributed by atoms with van der Waals surface area (Å²) in [6.07, 6.45) is 6.05.